The highest BCUT2D eigenvalue weighted by Gasteiger charge is 2.29. The zero-order valence-corrected chi connectivity index (χ0v) is 17.6. The van der Waals surface area contributed by atoms with E-state index < -0.39 is 22.9 Å². The number of aliphatic carboxylic acids is 1. The van der Waals surface area contributed by atoms with Gasteiger partial charge in [0, 0.05) is 24.6 Å². The predicted molar refractivity (Wildman–Crippen MR) is 121 cm³/mol. The molecule has 0 fully saturated rings. The number of benzene rings is 3. The number of alkyl carbamates (subject to hydrolysis) is 1. The smallest absolute Gasteiger partial charge is 0.407 e. The lowest BCUT2D eigenvalue weighted by molar-refractivity contribution is -0.384. The first-order valence-electron chi connectivity index (χ1n) is 10.5. The average molecular weight is 446 g/mol. The number of non-ortho nitro benzene ring substituents is 1. The second-order valence-electron chi connectivity index (χ2n) is 7.87. The predicted octanol–water partition coefficient (Wildman–Crippen LogP) is 4.38. The molecule has 2 N–H and O–H groups in total. The summed E-state index contributed by atoms with van der Waals surface area (Å²) in [4.78, 5) is 34.2. The first kappa shape index (κ1) is 22.0. The van der Waals surface area contributed by atoms with Crippen LogP contribution in [0.3, 0.4) is 0 Å². The van der Waals surface area contributed by atoms with Gasteiger partial charge in [0.15, 0.2) is 0 Å². The molecule has 1 aliphatic rings. The Kier molecular flexibility index (Phi) is 6.35. The van der Waals surface area contributed by atoms with Crippen molar-refractivity contribution in [3.05, 3.63) is 99.6 Å². The van der Waals surface area contributed by atoms with Crippen LogP contribution in [0.25, 0.3) is 11.1 Å². The van der Waals surface area contributed by atoms with Crippen molar-refractivity contribution >= 4 is 17.7 Å². The topological polar surface area (TPSA) is 119 Å². The molecule has 0 heterocycles. The minimum absolute atomic E-state index is 0.0672. The number of nitro groups is 1. The van der Waals surface area contributed by atoms with Crippen molar-refractivity contribution in [2.24, 2.45) is 5.92 Å². The number of ether oxygens (including phenoxy) is 1. The lowest BCUT2D eigenvalue weighted by Gasteiger charge is -2.16. The number of fused-ring (bicyclic) bond motifs is 3. The fourth-order valence-corrected chi connectivity index (χ4v) is 4.14. The number of carbonyl (C=O) groups is 2. The Morgan fingerprint density at radius 2 is 1.55 bits per heavy atom. The summed E-state index contributed by atoms with van der Waals surface area (Å²) in [5.74, 6) is -2.06. The van der Waals surface area contributed by atoms with Crippen molar-refractivity contribution in [1.29, 1.82) is 0 Å². The molecule has 33 heavy (non-hydrogen) atoms. The minimum atomic E-state index is -1.08. The molecule has 4 rings (SSSR count). The molecule has 0 saturated heterocycles. The summed E-state index contributed by atoms with van der Waals surface area (Å²) >= 11 is 0. The first-order chi connectivity index (χ1) is 15.9. The second kappa shape index (κ2) is 9.52. The summed E-state index contributed by atoms with van der Waals surface area (Å²) in [6.07, 6.45) is -0.566. The van der Waals surface area contributed by atoms with Gasteiger partial charge in [0.05, 0.1) is 10.8 Å². The van der Waals surface area contributed by atoms with Gasteiger partial charge >= 0.3 is 12.1 Å². The van der Waals surface area contributed by atoms with Gasteiger partial charge in [-0.05, 0) is 34.2 Å². The maximum absolute atomic E-state index is 12.3. The van der Waals surface area contributed by atoms with Crippen LogP contribution >= 0.6 is 0 Å². The molecule has 1 amide bonds. The molecule has 8 heteroatoms. The number of carboxylic acids is 1. The van der Waals surface area contributed by atoms with Gasteiger partial charge in [-0.15, -0.1) is 0 Å². The van der Waals surface area contributed by atoms with E-state index in [-0.39, 0.29) is 31.2 Å². The maximum Gasteiger partial charge on any atom is 0.407 e. The van der Waals surface area contributed by atoms with Crippen LogP contribution in [0.4, 0.5) is 10.5 Å². The van der Waals surface area contributed by atoms with Crippen LogP contribution in [0.2, 0.25) is 0 Å². The Morgan fingerprint density at radius 3 is 2.09 bits per heavy atom. The van der Waals surface area contributed by atoms with Gasteiger partial charge in [-0.25, -0.2) is 4.79 Å². The number of nitrogens with zero attached hydrogens (tertiary/aromatic N) is 1. The molecule has 0 unspecified atom stereocenters. The van der Waals surface area contributed by atoms with Gasteiger partial charge in [-0.1, -0.05) is 60.7 Å². The lowest BCUT2D eigenvalue weighted by atomic mass is 9.98. The Labute approximate surface area is 190 Å². The molecular weight excluding hydrogens is 424 g/mol. The average Bonchev–Trinajstić information content (AvgIpc) is 3.14. The van der Waals surface area contributed by atoms with Crippen molar-refractivity contribution in [2.45, 2.75) is 12.3 Å². The lowest BCUT2D eigenvalue weighted by Crippen LogP contribution is -2.35. The number of nitro benzene ring substituents is 1. The molecule has 1 atom stereocenters. The number of hydrogen-bond acceptors (Lipinski definition) is 5. The molecule has 0 aromatic heterocycles. The molecule has 0 aliphatic heterocycles. The largest absolute Gasteiger partial charge is 0.481 e. The van der Waals surface area contributed by atoms with Crippen LogP contribution in [0.5, 0.6) is 0 Å². The summed E-state index contributed by atoms with van der Waals surface area (Å²) in [7, 11) is 0. The highest BCUT2D eigenvalue weighted by atomic mass is 16.6. The van der Waals surface area contributed by atoms with E-state index >= 15 is 0 Å². The van der Waals surface area contributed by atoms with E-state index in [9.17, 15) is 24.8 Å². The van der Waals surface area contributed by atoms with Crippen LogP contribution in [0, 0.1) is 16.0 Å². The summed E-state index contributed by atoms with van der Waals surface area (Å²) in [6.45, 7) is 0.0168. The summed E-state index contributed by atoms with van der Waals surface area (Å²) in [6, 6.07) is 21.7. The third-order valence-electron chi connectivity index (χ3n) is 5.81. The first-order valence-corrected chi connectivity index (χ1v) is 10.5. The van der Waals surface area contributed by atoms with Crippen LogP contribution in [0.15, 0.2) is 72.8 Å². The standard InChI is InChI=1S/C25H22N2O6/c28-24(29)17(13-16-9-11-18(12-10-16)27(31)32)14-26-25(30)33-15-23-21-7-3-1-5-19(21)20-6-2-4-8-22(20)23/h1-12,17,23H,13-15H2,(H,26,30)(H,28,29)/t17-/m1/s1. The van der Waals surface area contributed by atoms with Gasteiger partial charge in [0.25, 0.3) is 5.69 Å². The summed E-state index contributed by atoms with van der Waals surface area (Å²) in [5.41, 5.74) is 4.98. The van der Waals surface area contributed by atoms with E-state index in [0.29, 0.717) is 5.56 Å². The maximum atomic E-state index is 12.3. The Bertz CT molecular complexity index is 1150. The van der Waals surface area contributed by atoms with Crippen molar-refractivity contribution in [2.75, 3.05) is 13.2 Å². The van der Waals surface area contributed by atoms with E-state index in [1.165, 1.54) is 24.3 Å². The number of hydrogen-bond donors (Lipinski definition) is 2. The zero-order valence-electron chi connectivity index (χ0n) is 17.6. The monoisotopic (exact) mass is 446 g/mol. The van der Waals surface area contributed by atoms with Crippen LogP contribution in [-0.4, -0.2) is 35.2 Å². The van der Waals surface area contributed by atoms with Crippen LogP contribution < -0.4 is 5.32 Å². The van der Waals surface area contributed by atoms with Crippen LogP contribution in [0.1, 0.15) is 22.6 Å². The molecule has 0 radical (unpaired) electrons. The number of carboxylic acid groups (broad SMARTS) is 1. The van der Waals surface area contributed by atoms with E-state index in [1.807, 2.05) is 48.5 Å². The molecule has 3 aromatic carbocycles. The Morgan fingerprint density at radius 1 is 0.970 bits per heavy atom. The fraction of sp³-hybridized carbons (Fsp3) is 0.200. The highest BCUT2D eigenvalue weighted by molar-refractivity contribution is 5.79. The molecular formula is C25H22N2O6. The SMILES string of the molecule is O=C(NC[C@@H](Cc1ccc([N+](=O)[O-])cc1)C(=O)O)OCC1c2ccccc2-c2ccccc21. The van der Waals surface area contributed by atoms with E-state index in [2.05, 4.69) is 5.32 Å². The Hall–Kier alpha value is -4.20. The normalized spacial score (nSPS) is 13.0. The third kappa shape index (κ3) is 4.85. The van der Waals surface area contributed by atoms with Gasteiger partial charge in [-0.2, -0.15) is 0 Å². The van der Waals surface area contributed by atoms with Gasteiger partial charge in [-0.3, -0.25) is 14.9 Å². The number of rotatable bonds is 8. The second-order valence-corrected chi connectivity index (χ2v) is 7.87. The van der Waals surface area contributed by atoms with E-state index in [4.69, 9.17) is 4.74 Å². The van der Waals surface area contributed by atoms with Gasteiger partial charge in [0.2, 0.25) is 0 Å². The summed E-state index contributed by atoms with van der Waals surface area (Å²) < 4.78 is 5.44. The zero-order chi connectivity index (χ0) is 23.4. The molecule has 168 valence electrons. The molecule has 1 aliphatic carbocycles. The van der Waals surface area contributed by atoms with Crippen LogP contribution in [-0.2, 0) is 16.0 Å². The van der Waals surface area contributed by atoms with Crippen molar-refractivity contribution in [3.63, 3.8) is 0 Å². The van der Waals surface area contributed by atoms with Gasteiger partial charge in [0.1, 0.15) is 6.61 Å². The summed E-state index contributed by atoms with van der Waals surface area (Å²) in [5, 5.41) is 22.8. The van der Waals surface area contributed by atoms with E-state index in [1.54, 1.807) is 0 Å². The molecule has 0 saturated carbocycles. The molecule has 3 aromatic rings. The van der Waals surface area contributed by atoms with Gasteiger partial charge < -0.3 is 15.2 Å². The molecule has 8 nitrogen and oxygen atoms in total. The third-order valence-corrected chi connectivity index (χ3v) is 5.81. The highest BCUT2D eigenvalue weighted by Crippen LogP contribution is 2.44. The van der Waals surface area contributed by atoms with Crippen molar-refractivity contribution in [3.8, 4) is 11.1 Å². The Balaban J connectivity index is 1.35. The van der Waals surface area contributed by atoms with Crippen molar-refractivity contribution in [1.82, 2.24) is 5.32 Å². The number of nitrogens with one attached hydrogen (secondary N) is 1. The number of amides is 1. The minimum Gasteiger partial charge on any atom is -0.481 e. The molecule has 0 spiro atoms. The fourth-order valence-electron chi connectivity index (χ4n) is 4.14. The number of carbonyl (C=O) groups excluding carboxylic acids is 1. The van der Waals surface area contributed by atoms with Crippen molar-refractivity contribution < 1.29 is 24.4 Å². The molecule has 0 bridgehead atoms. The quantitative estimate of drug-likeness (QED) is 0.392. The van der Waals surface area contributed by atoms with E-state index in [0.717, 1.165) is 22.3 Å².